The van der Waals surface area contributed by atoms with Gasteiger partial charge in [-0.3, -0.25) is 52.7 Å². The van der Waals surface area contributed by atoms with Crippen LogP contribution in [0.1, 0.15) is 87.1 Å². The molecule has 10 amide bonds. The second kappa shape index (κ2) is 28.7. The summed E-state index contributed by atoms with van der Waals surface area (Å²) in [5.41, 5.74) is 6.03. The van der Waals surface area contributed by atoms with E-state index in [0.717, 1.165) is 0 Å². The third-order valence-electron chi connectivity index (χ3n) is 10.1. The number of carboxylic acids is 2. The second-order valence-electron chi connectivity index (χ2n) is 17.4. The predicted molar refractivity (Wildman–Crippen MR) is 245 cm³/mol. The van der Waals surface area contributed by atoms with Gasteiger partial charge >= 0.3 is 11.9 Å². The van der Waals surface area contributed by atoms with Gasteiger partial charge in [0.15, 0.2) is 0 Å². The Morgan fingerprint density at radius 2 is 1.01 bits per heavy atom. The molecule has 13 N–H and O–H groups in total. The monoisotopic (exact) mass is 976 g/mol. The van der Waals surface area contributed by atoms with Gasteiger partial charge < -0.3 is 68.5 Å². The van der Waals surface area contributed by atoms with E-state index < -0.39 is 151 Å². The average Bonchev–Trinajstić information content (AvgIpc) is 3.24. The van der Waals surface area contributed by atoms with E-state index in [4.69, 9.17) is 10.5 Å². The van der Waals surface area contributed by atoms with Gasteiger partial charge in [-0.05, 0) is 55.7 Å². The van der Waals surface area contributed by atoms with E-state index in [1.807, 2.05) is 0 Å². The van der Waals surface area contributed by atoms with Gasteiger partial charge in [-0.15, -0.1) is 0 Å². The molecule has 25 heteroatoms. The van der Waals surface area contributed by atoms with Crippen LogP contribution in [-0.4, -0.2) is 143 Å². The number of carbonyl (C=O) groups is 12. The Hall–Kier alpha value is -7.34. The van der Waals surface area contributed by atoms with Crippen molar-refractivity contribution in [3.8, 4) is 5.75 Å². The van der Waals surface area contributed by atoms with Crippen LogP contribution in [0.2, 0.25) is 0 Å². The highest BCUT2D eigenvalue weighted by atomic mass is 16.5. The first-order valence-electron chi connectivity index (χ1n) is 22.1. The number of methoxy groups -OCH3 is 1. The first kappa shape index (κ1) is 59.7. The van der Waals surface area contributed by atoms with Crippen LogP contribution >= 0.6 is 0 Å². The zero-order chi connectivity index (χ0) is 52.9. The van der Waals surface area contributed by atoms with Crippen molar-refractivity contribution >= 4 is 71.0 Å². The third kappa shape index (κ3) is 21.9. The van der Waals surface area contributed by atoms with E-state index >= 15 is 0 Å². The Bertz CT molecular complexity index is 2030. The zero-order valence-electron chi connectivity index (χ0n) is 40.5. The number of rotatable bonds is 29. The molecule has 69 heavy (non-hydrogen) atoms. The molecule has 0 aliphatic heterocycles. The number of nitrogens with two attached hydrogens (primary N) is 1. The van der Waals surface area contributed by atoms with Crippen molar-refractivity contribution in [2.45, 2.75) is 136 Å². The Labute approximate surface area is 399 Å². The molecule has 0 unspecified atom stereocenters. The average molecular weight is 977 g/mol. The quantitative estimate of drug-likeness (QED) is 0.0383. The lowest BCUT2D eigenvalue weighted by atomic mass is 9.99. The summed E-state index contributed by atoms with van der Waals surface area (Å²) in [7, 11) is 1.50. The number of hydrogen-bond donors (Lipinski definition) is 12. The lowest BCUT2D eigenvalue weighted by molar-refractivity contribution is -0.144. The molecule has 1 rings (SSSR count). The number of amides is 10. The van der Waals surface area contributed by atoms with Crippen molar-refractivity contribution in [1.29, 1.82) is 0 Å². The lowest BCUT2D eigenvalue weighted by Gasteiger charge is -2.29. The van der Waals surface area contributed by atoms with Crippen LogP contribution in [0.5, 0.6) is 5.75 Å². The van der Waals surface area contributed by atoms with Gasteiger partial charge in [0.05, 0.1) is 26.5 Å². The molecular weight excluding hydrogens is 909 g/mol. The van der Waals surface area contributed by atoms with Crippen LogP contribution in [0.25, 0.3) is 0 Å². The highest BCUT2D eigenvalue weighted by Gasteiger charge is 2.36. The first-order chi connectivity index (χ1) is 32.1. The van der Waals surface area contributed by atoms with Crippen molar-refractivity contribution in [2.75, 3.05) is 13.7 Å². The summed E-state index contributed by atoms with van der Waals surface area (Å²) in [4.78, 5) is 153. The number of aliphatic carboxylic acids is 2. The fraction of sp³-hybridized carbons (Fsp3) is 0.591. The third-order valence-corrected chi connectivity index (χ3v) is 10.1. The Kier molecular flexibility index (Phi) is 24.9. The Balaban J connectivity index is 2.99. The van der Waals surface area contributed by atoms with Crippen LogP contribution in [0.4, 0.5) is 0 Å². The molecule has 0 aromatic heterocycles. The summed E-state index contributed by atoms with van der Waals surface area (Å²) in [5, 5.41) is 40.3. The normalized spacial score (nSPS) is 14.4. The number of ether oxygens (including phenoxy) is 1. The summed E-state index contributed by atoms with van der Waals surface area (Å²) in [6.45, 7) is 12.8. The van der Waals surface area contributed by atoms with E-state index in [9.17, 15) is 67.7 Å². The Morgan fingerprint density at radius 3 is 1.48 bits per heavy atom. The standard InChI is InChI=1S/C44H68N10O15/c1-20(2)15-31(44(67)68)52-41(64)30(18-34(58)59)50-40(63)29(17-32(45)56)51-42(65)35(21(3)4)54-43(66)36(22(5)6)53-38(61)24(8)47-33(57)19-46-37(60)23(7)48-39(62)28(49-25(9)55)16-26-11-13-27(69-10)14-12-26/h11-14,20-24,28-31,35-36H,15-19H2,1-10H3,(H2,45,56)(H,46,60)(H,47,57)(H,48,62)(H,49,55)(H,50,63)(H,51,65)(H,52,64)(H,53,61)(H,54,66)(H,58,59)(H,67,68)/t23-,24-,28-,29-,30-,31-,35-,36-/m0/s1. The summed E-state index contributed by atoms with van der Waals surface area (Å²) in [5.74, 6) is -12.8. The molecular formula is C44H68N10O15. The fourth-order valence-electron chi connectivity index (χ4n) is 6.39. The summed E-state index contributed by atoms with van der Waals surface area (Å²) < 4.78 is 5.14. The van der Waals surface area contributed by atoms with Crippen LogP contribution in [0.15, 0.2) is 24.3 Å². The largest absolute Gasteiger partial charge is 0.497 e. The highest BCUT2D eigenvalue weighted by molar-refractivity contribution is 5.99. The van der Waals surface area contributed by atoms with Crippen molar-refractivity contribution in [3.05, 3.63) is 29.8 Å². The molecule has 0 aliphatic carbocycles. The summed E-state index contributed by atoms with van der Waals surface area (Å²) in [6.07, 6.45) is -1.78. The number of carboxylic acid groups (broad SMARTS) is 2. The molecule has 25 nitrogen and oxygen atoms in total. The zero-order valence-corrected chi connectivity index (χ0v) is 40.5. The van der Waals surface area contributed by atoms with Crippen LogP contribution in [0, 0.1) is 17.8 Å². The second-order valence-corrected chi connectivity index (χ2v) is 17.4. The minimum Gasteiger partial charge on any atom is -0.497 e. The molecule has 0 aliphatic rings. The van der Waals surface area contributed by atoms with E-state index in [1.54, 1.807) is 52.0 Å². The maximum atomic E-state index is 13.6. The number of hydrogen-bond acceptors (Lipinski definition) is 13. The predicted octanol–water partition coefficient (Wildman–Crippen LogP) is -2.92. The lowest BCUT2D eigenvalue weighted by Crippen LogP contribution is -2.61. The molecule has 1 aromatic rings. The maximum absolute atomic E-state index is 13.6. The maximum Gasteiger partial charge on any atom is 0.326 e. The summed E-state index contributed by atoms with van der Waals surface area (Å²) in [6, 6.07) is -4.50. The summed E-state index contributed by atoms with van der Waals surface area (Å²) >= 11 is 0. The molecule has 0 saturated heterocycles. The molecule has 0 radical (unpaired) electrons. The number of nitrogens with one attached hydrogen (secondary N) is 9. The van der Waals surface area contributed by atoms with Gasteiger partial charge in [0, 0.05) is 13.3 Å². The SMILES string of the molecule is COc1ccc(C[C@H](NC(C)=O)C(=O)N[C@@H](C)C(=O)NCC(=O)N[C@@H](C)C(=O)N[C@H](C(=O)N[C@H](C(=O)N[C@@H](CC(N)=O)C(=O)N[C@@H](CC(=O)O)C(=O)N[C@@H](CC(C)C)C(=O)O)C(C)C)C(C)C)cc1. The van der Waals surface area contributed by atoms with E-state index in [1.165, 1.54) is 41.7 Å². The minimum atomic E-state index is -1.85. The minimum absolute atomic E-state index is 0.0289. The molecule has 384 valence electrons. The molecule has 0 bridgehead atoms. The smallest absolute Gasteiger partial charge is 0.326 e. The van der Waals surface area contributed by atoms with Gasteiger partial charge in [0.1, 0.15) is 54.1 Å². The van der Waals surface area contributed by atoms with E-state index in [2.05, 4.69) is 47.9 Å². The number of carbonyl (C=O) groups excluding carboxylic acids is 10. The van der Waals surface area contributed by atoms with Crippen molar-refractivity contribution < 1.29 is 72.5 Å². The highest BCUT2D eigenvalue weighted by Crippen LogP contribution is 2.14. The van der Waals surface area contributed by atoms with Crippen LogP contribution in [-0.2, 0) is 64.0 Å². The van der Waals surface area contributed by atoms with E-state index in [-0.39, 0.29) is 18.8 Å². The number of primary amides is 1. The van der Waals surface area contributed by atoms with Crippen molar-refractivity contribution in [2.24, 2.45) is 23.5 Å². The fourth-order valence-corrected chi connectivity index (χ4v) is 6.39. The molecule has 8 atom stereocenters. The topological polar surface area (TPSA) is 389 Å². The van der Waals surface area contributed by atoms with Gasteiger partial charge in [-0.2, -0.15) is 0 Å². The van der Waals surface area contributed by atoms with Crippen LogP contribution in [0.3, 0.4) is 0 Å². The van der Waals surface area contributed by atoms with Crippen molar-refractivity contribution in [3.63, 3.8) is 0 Å². The van der Waals surface area contributed by atoms with Gasteiger partial charge in [-0.1, -0.05) is 53.7 Å². The number of benzene rings is 1. The van der Waals surface area contributed by atoms with Gasteiger partial charge in [0.2, 0.25) is 59.1 Å². The van der Waals surface area contributed by atoms with Crippen molar-refractivity contribution in [1.82, 2.24) is 47.9 Å². The molecule has 0 spiro atoms. The van der Waals surface area contributed by atoms with Gasteiger partial charge in [0.25, 0.3) is 0 Å². The molecule has 1 aromatic carbocycles. The van der Waals surface area contributed by atoms with E-state index in [0.29, 0.717) is 11.3 Å². The first-order valence-corrected chi connectivity index (χ1v) is 22.1. The van der Waals surface area contributed by atoms with Crippen LogP contribution < -0.4 is 58.3 Å². The molecule has 0 saturated carbocycles. The molecule has 0 fully saturated rings. The molecule has 0 heterocycles. The van der Waals surface area contributed by atoms with Gasteiger partial charge in [-0.25, -0.2) is 4.79 Å². The Morgan fingerprint density at radius 1 is 0.551 bits per heavy atom.